The molecule has 1 aliphatic carbocycles. The van der Waals surface area contributed by atoms with Crippen LogP contribution in [0.3, 0.4) is 0 Å². The van der Waals surface area contributed by atoms with Gasteiger partial charge in [-0.05, 0) is 19.4 Å². The van der Waals surface area contributed by atoms with E-state index in [1.807, 2.05) is 12.2 Å². The van der Waals surface area contributed by atoms with Crippen molar-refractivity contribution >= 4 is 0 Å². The van der Waals surface area contributed by atoms with Crippen LogP contribution in [-0.2, 0) is 0 Å². The molecule has 1 saturated heterocycles. The van der Waals surface area contributed by atoms with E-state index in [0.717, 1.165) is 0 Å². The summed E-state index contributed by atoms with van der Waals surface area (Å²) >= 11 is 0. The quantitative estimate of drug-likeness (QED) is 0.591. The molecule has 1 aliphatic heterocycles. The first-order chi connectivity index (χ1) is 6.18. The minimum atomic E-state index is -0.762. The molecule has 2 aliphatic rings. The van der Waals surface area contributed by atoms with Crippen molar-refractivity contribution in [3.05, 3.63) is 23.8 Å². The molecule has 0 amide bonds. The number of halogens is 1. The zero-order valence-corrected chi connectivity index (χ0v) is 8.20. The van der Waals surface area contributed by atoms with Crippen LogP contribution in [0.4, 0.5) is 4.39 Å². The second kappa shape index (κ2) is 3.26. The molecule has 0 aromatic carbocycles. The SMILES string of the molecule is CC1CN1C(C)C1=CCC(F)C=C1. The highest BCUT2D eigenvalue weighted by Crippen LogP contribution is 2.27. The minimum Gasteiger partial charge on any atom is -0.291 e. The zero-order chi connectivity index (χ0) is 9.42. The second-order valence-electron chi connectivity index (χ2n) is 4.04. The number of allylic oxidation sites excluding steroid dienone is 2. The smallest absolute Gasteiger partial charge is 0.122 e. The molecular weight excluding hydrogens is 165 g/mol. The summed E-state index contributed by atoms with van der Waals surface area (Å²) in [4.78, 5) is 2.41. The Morgan fingerprint density at radius 2 is 2.31 bits per heavy atom. The average molecular weight is 181 g/mol. The number of rotatable bonds is 2. The molecule has 2 heteroatoms. The monoisotopic (exact) mass is 181 g/mol. The number of alkyl halides is 1. The maximum absolute atomic E-state index is 12.8. The molecule has 0 saturated carbocycles. The molecule has 72 valence electrons. The van der Waals surface area contributed by atoms with Gasteiger partial charge in [0.15, 0.2) is 0 Å². The van der Waals surface area contributed by atoms with Crippen molar-refractivity contribution in [1.82, 2.24) is 4.90 Å². The largest absolute Gasteiger partial charge is 0.291 e. The molecule has 1 heterocycles. The van der Waals surface area contributed by atoms with Gasteiger partial charge in [0.25, 0.3) is 0 Å². The predicted molar refractivity (Wildman–Crippen MR) is 52.4 cm³/mol. The Bertz CT molecular complexity index is 257. The summed E-state index contributed by atoms with van der Waals surface area (Å²) in [5.41, 5.74) is 1.28. The van der Waals surface area contributed by atoms with E-state index in [1.165, 1.54) is 12.1 Å². The predicted octanol–water partition coefficient (Wildman–Crippen LogP) is 2.30. The number of nitrogens with zero attached hydrogens (tertiary/aromatic N) is 1. The van der Waals surface area contributed by atoms with Crippen molar-refractivity contribution < 1.29 is 4.39 Å². The Kier molecular flexibility index (Phi) is 2.24. The van der Waals surface area contributed by atoms with Crippen molar-refractivity contribution in [2.24, 2.45) is 0 Å². The Morgan fingerprint density at radius 1 is 1.62 bits per heavy atom. The van der Waals surface area contributed by atoms with E-state index >= 15 is 0 Å². The van der Waals surface area contributed by atoms with Crippen LogP contribution in [0.25, 0.3) is 0 Å². The minimum absolute atomic E-state index is 0.471. The van der Waals surface area contributed by atoms with Crippen molar-refractivity contribution in [3.8, 4) is 0 Å². The van der Waals surface area contributed by atoms with Crippen LogP contribution < -0.4 is 0 Å². The van der Waals surface area contributed by atoms with E-state index in [9.17, 15) is 4.39 Å². The van der Waals surface area contributed by atoms with E-state index in [2.05, 4.69) is 18.7 Å². The van der Waals surface area contributed by atoms with E-state index < -0.39 is 6.17 Å². The zero-order valence-electron chi connectivity index (χ0n) is 8.20. The summed E-state index contributed by atoms with van der Waals surface area (Å²) in [6, 6.07) is 1.19. The molecule has 0 aromatic heterocycles. The van der Waals surface area contributed by atoms with E-state index in [0.29, 0.717) is 18.5 Å². The first-order valence-corrected chi connectivity index (χ1v) is 4.96. The van der Waals surface area contributed by atoms with Crippen LogP contribution in [0, 0.1) is 0 Å². The molecular formula is C11H16FN. The van der Waals surface area contributed by atoms with Gasteiger partial charge in [0.05, 0.1) is 0 Å². The number of hydrogen-bond acceptors (Lipinski definition) is 1. The molecule has 0 spiro atoms. The lowest BCUT2D eigenvalue weighted by Crippen LogP contribution is -2.19. The van der Waals surface area contributed by atoms with Crippen molar-refractivity contribution in [2.75, 3.05) is 6.54 Å². The molecule has 4 atom stereocenters. The molecule has 0 bridgehead atoms. The first-order valence-electron chi connectivity index (χ1n) is 4.96. The Morgan fingerprint density at radius 3 is 2.77 bits per heavy atom. The summed E-state index contributed by atoms with van der Waals surface area (Å²) in [5, 5.41) is 0. The van der Waals surface area contributed by atoms with Crippen LogP contribution >= 0.6 is 0 Å². The third-order valence-electron chi connectivity index (χ3n) is 2.96. The average Bonchev–Trinajstić information content (AvgIpc) is 2.83. The van der Waals surface area contributed by atoms with Gasteiger partial charge in [-0.3, -0.25) is 4.90 Å². The summed E-state index contributed by atoms with van der Waals surface area (Å²) in [6.45, 7) is 5.60. The van der Waals surface area contributed by atoms with Gasteiger partial charge in [-0.1, -0.05) is 18.2 Å². The van der Waals surface area contributed by atoms with Crippen molar-refractivity contribution in [1.29, 1.82) is 0 Å². The van der Waals surface area contributed by atoms with Gasteiger partial charge in [-0.2, -0.15) is 0 Å². The van der Waals surface area contributed by atoms with E-state index in [4.69, 9.17) is 0 Å². The first kappa shape index (κ1) is 8.95. The molecule has 2 rings (SSSR count). The van der Waals surface area contributed by atoms with Crippen LogP contribution in [0.5, 0.6) is 0 Å². The van der Waals surface area contributed by atoms with Crippen LogP contribution in [0.15, 0.2) is 23.8 Å². The fraction of sp³-hybridized carbons (Fsp3) is 0.636. The molecule has 1 nitrogen and oxygen atoms in total. The molecule has 0 N–H and O–H groups in total. The standard InChI is InChI=1S/C11H16FN/c1-8-7-13(8)9(2)10-3-5-11(12)6-4-10/h3-5,8-9,11H,6-7H2,1-2H3. The number of hydrogen-bond donors (Lipinski definition) is 0. The van der Waals surface area contributed by atoms with Crippen molar-refractivity contribution in [2.45, 2.75) is 38.5 Å². The molecule has 13 heavy (non-hydrogen) atoms. The molecule has 0 aromatic rings. The molecule has 1 fully saturated rings. The van der Waals surface area contributed by atoms with Gasteiger partial charge in [-0.15, -0.1) is 0 Å². The summed E-state index contributed by atoms with van der Waals surface area (Å²) in [5.74, 6) is 0. The third-order valence-corrected chi connectivity index (χ3v) is 2.96. The van der Waals surface area contributed by atoms with E-state index in [1.54, 1.807) is 6.08 Å². The van der Waals surface area contributed by atoms with E-state index in [-0.39, 0.29) is 0 Å². The van der Waals surface area contributed by atoms with Gasteiger partial charge in [0.1, 0.15) is 6.17 Å². The van der Waals surface area contributed by atoms with Gasteiger partial charge >= 0.3 is 0 Å². The third kappa shape index (κ3) is 1.83. The highest BCUT2D eigenvalue weighted by atomic mass is 19.1. The van der Waals surface area contributed by atoms with Crippen LogP contribution in [-0.4, -0.2) is 29.7 Å². The highest BCUT2D eigenvalue weighted by molar-refractivity contribution is 5.30. The molecule has 0 radical (unpaired) electrons. The topological polar surface area (TPSA) is 3.01 Å². The lowest BCUT2D eigenvalue weighted by atomic mass is 10.0. The Balaban J connectivity index is 1.98. The highest BCUT2D eigenvalue weighted by Gasteiger charge is 2.34. The fourth-order valence-electron chi connectivity index (χ4n) is 1.91. The van der Waals surface area contributed by atoms with Crippen LogP contribution in [0.1, 0.15) is 20.3 Å². The van der Waals surface area contributed by atoms with Crippen molar-refractivity contribution in [3.63, 3.8) is 0 Å². The fourth-order valence-corrected chi connectivity index (χ4v) is 1.91. The Hall–Kier alpha value is -0.630. The lowest BCUT2D eigenvalue weighted by molar-refractivity contribution is 0.393. The lowest BCUT2D eigenvalue weighted by Gasteiger charge is -2.18. The maximum Gasteiger partial charge on any atom is 0.122 e. The summed E-state index contributed by atoms with van der Waals surface area (Å²) < 4.78 is 12.8. The summed E-state index contributed by atoms with van der Waals surface area (Å²) in [7, 11) is 0. The van der Waals surface area contributed by atoms with Gasteiger partial charge in [0, 0.05) is 25.0 Å². The summed E-state index contributed by atoms with van der Waals surface area (Å²) in [6.07, 6.45) is 5.42. The van der Waals surface area contributed by atoms with Gasteiger partial charge in [0.2, 0.25) is 0 Å². The normalized spacial score (nSPS) is 39.9. The van der Waals surface area contributed by atoms with Crippen LogP contribution in [0.2, 0.25) is 0 Å². The molecule has 4 unspecified atom stereocenters. The maximum atomic E-state index is 12.8. The van der Waals surface area contributed by atoms with Gasteiger partial charge in [-0.25, -0.2) is 4.39 Å². The van der Waals surface area contributed by atoms with Gasteiger partial charge < -0.3 is 0 Å². The Labute approximate surface area is 78.9 Å². The second-order valence-corrected chi connectivity index (χ2v) is 4.04.